The van der Waals surface area contributed by atoms with Crippen molar-refractivity contribution in [2.75, 3.05) is 6.61 Å². The number of carbonyl (C=O) groups excluding carboxylic acids is 2. The highest BCUT2D eigenvalue weighted by atomic mass is 32.2. The number of hydrogen-bond donors (Lipinski definition) is 1. The number of ether oxygens (including phenoxy) is 1. The summed E-state index contributed by atoms with van der Waals surface area (Å²) in [6.45, 7) is 7.13. The van der Waals surface area contributed by atoms with Crippen molar-refractivity contribution < 1.29 is 23.1 Å². The van der Waals surface area contributed by atoms with E-state index in [2.05, 4.69) is 15.2 Å². The third kappa shape index (κ3) is 4.40. The lowest BCUT2D eigenvalue weighted by Crippen LogP contribution is -2.15. The molecule has 7 nitrogen and oxygen atoms in total. The number of ketones is 1. The topological polar surface area (TPSA) is 98.1 Å². The van der Waals surface area contributed by atoms with E-state index in [4.69, 9.17) is 9.15 Å². The zero-order chi connectivity index (χ0) is 21.1. The molecule has 2 heterocycles. The second-order valence-corrected chi connectivity index (χ2v) is 7.64. The number of rotatable bonds is 7. The highest BCUT2D eigenvalue weighted by Gasteiger charge is 2.27. The average molecular weight is 417 g/mol. The van der Waals surface area contributed by atoms with Crippen LogP contribution in [0.15, 0.2) is 33.9 Å². The fourth-order valence-electron chi connectivity index (χ4n) is 2.88. The van der Waals surface area contributed by atoms with Crippen LogP contribution in [0.2, 0.25) is 0 Å². The SMILES string of the molecule is CCOC(=O)c1c(C)[nH]c(C(=O)[C@H](C)Sc2nnc(-c3ccc(F)cc3)o2)c1C. The van der Waals surface area contributed by atoms with Gasteiger partial charge in [-0.1, -0.05) is 11.8 Å². The highest BCUT2D eigenvalue weighted by molar-refractivity contribution is 8.00. The van der Waals surface area contributed by atoms with Gasteiger partial charge in [0, 0.05) is 11.3 Å². The maximum atomic E-state index is 13.0. The summed E-state index contributed by atoms with van der Waals surface area (Å²) in [6.07, 6.45) is 0. The lowest BCUT2D eigenvalue weighted by atomic mass is 10.1. The van der Waals surface area contributed by atoms with Crippen molar-refractivity contribution in [2.24, 2.45) is 0 Å². The van der Waals surface area contributed by atoms with Crippen molar-refractivity contribution in [1.82, 2.24) is 15.2 Å². The number of esters is 1. The first-order valence-corrected chi connectivity index (χ1v) is 9.86. The fraction of sp³-hybridized carbons (Fsp3) is 0.300. The Balaban J connectivity index is 1.75. The minimum atomic E-state index is -0.539. The molecular weight excluding hydrogens is 397 g/mol. The molecule has 0 unspecified atom stereocenters. The Morgan fingerprint density at radius 2 is 1.93 bits per heavy atom. The molecule has 152 valence electrons. The third-order valence-electron chi connectivity index (χ3n) is 4.31. The number of nitrogens with zero attached hydrogens (tertiary/aromatic N) is 2. The third-order valence-corrected chi connectivity index (χ3v) is 5.24. The minimum Gasteiger partial charge on any atom is -0.462 e. The molecule has 29 heavy (non-hydrogen) atoms. The van der Waals surface area contributed by atoms with Crippen molar-refractivity contribution in [1.29, 1.82) is 0 Å². The normalized spacial score (nSPS) is 12.0. The van der Waals surface area contributed by atoms with Gasteiger partial charge in [-0.05, 0) is 57.5 Å². The molecule has 0 spiro atoms. The van der Waals surface area contributed by atoms with Crippen LogP contribution in [0, 0.1) is 19.7 Å². The Labute approximate surface area is 171 Å². The number of nitrogens with one attached hydrogen (secondary N) is 1. The van der Waals surface area contributed by atoms with E-state index in [1.54, 1.807) is 27.7 Å². The van der Waals surface area contributed by atoms with Gasteiger partial charge in [0.15, 0.2) is 5.78 Å². The number of carbonyl (C=O) groups is 2. The van der Waals surface area contributed by atoms with Crippen LogP contribution in [-0.2, 0) is 4.74 Å². The van der Waals surface area contributed by atoms with Gasteiger partial charge in [-0.2, -0.15) is 0 Å². The summed E-state index contributed by atoms with van der Waals surface area (Å²) >= 11 is 1.11. The van der Waals surface area contributed by atoms with Gasteiger partial charge in [0.2, 0.25) is 5.89 Å². The van der Waals surface area contributed by atoms with E-state index < -0.39 is 11.2 Å². The van der Waals surface area contributed by atoms with Crippen LogP contribution in [0.5, 0.6) is 0 Å². The maximum Gasteiger partial charge on any atom is 0.340 e. The maximum absolute atomic E-state index is 13.0. The van der Waals surface area contributed by atoms with Gasteiger partial charge < -0.3 is 14.1 Å². The van der Waals surface area contributed by atoms with Crippen LogP contribution in [0.3, 0.4) is 0 Å². The van der Waals surface area contributed by atoms with Crippen LogP contribution >= 0.6 is 11.8 Å². The van der Waals surface area contributed by atoms with E-state index >= 15 is 0 Å². The average Bonchev–Trinajstić information content (AvgIpc) is 3.26. The molecule has 0 aliphatic carbocycles. The van der Waals surface area contributed by atoms with Crippen LogP contribution < -0.4 is 0 Å². The molecule has 9 heteroatoms. The first-order chi connectivity index (χ1) is 13.8. The summed E-state index contributed by atoms with van der Waals surface area (Å²) in [4.78, 5) is 28.0. The number of aryl methyl sites for hydroxylation is 1. The molecule has 0 aliphatic rings. The predicted molar refractivity (Wildman–Crippen MR) is 106 cm³/mol. The summed E-state index contributed by atoms with van der Waals surface area (Å²) in [5.74, 6) is -0.781. The van der Waals surface area contributed by atoms with Gasteiger partial charge in [0.25, 0.3) is 5.22 Å². The number of halogens is 1. The number of hydrogen-bond acceptors (Lipinski definition) is 7. The van der Waals surface area contributed by atoms with Crippen molar-refractivity contribution in [2.45, 2.75) is 38.2 Å². The molecule has 0 saturated carbocycles. The summed E-state index contributed by atoms with van der Waals surface area (Å²) in [7, 11) is 0. The van der Waals surface area contributed by atoms with Gasteiger partial charge in [-0.15, -0.1) is 10.2 Å². The van der Waals surface area contributed by atoms with Gasteiger partial charge >= 0.3 is 5.97 Å². The molecular formula is C20H20FN3O4S. The summed E-state index contributed by atoms with van der Waals surface area (Å²) in [5.41, 5.74) is 2.45. The molecule has 0 saturated heterocycles. The first kappa shape index (κ1) is 20.8. The smallest absolute Gasteiger partial charge is 0.340 e. The van der Waals surface area contributed by atoms with E-state index in [1.807, 2.05) is 0 Å². The molecule has 3 aromatic rings. The summed E-state index contributed by atoms with van der Waals surface area (Å²) in [6, 6.07) is 5.67. The Hall–Kier alpha value is -2.94. The number of aromatic nitrogens is 3. The quantitative estimate of drug-likeness (QED) is 0.346. The predicted octanol–water partition coefficient (Wildman–Crippen LogP) is 4.36. The Bertz CT molecular complexity index is 1040. The Kier molecular flexibility index (Phi) is 6.17. The number of aromatic amines is 1. The molecule has 1 N–H and O–H groups in total. The highest BCUT2D eigenvalue weighted by Crippen LogP contribution is 2.29. The molecule has 1 atom stereocenters. The number of H-pyrrole nitrogens is 1. The van der Waals surface area contributed by atoms with Crippen molar-refractivity contribution in [3.63, 3.8) is 0 Å². The van der Waals surface area contributed by atoms with Gasteiger partial charge in [0.05, 0.1) is 23.1 Å². The molecule has 3 rings (SSSR count). The zero-order valence-corrected chi connectivity index (χ0v) is 17.2. The molecule has 0 fully saturated rings. The van der Waals surface area contributed by atoms with E-state index in [1.165, 1.54) is 24.3 Å². The van der Waals surface area contributed by atoms with Gasteiger partial charge in [-0.3, -0.25) is 4.79 Å². The lowest BCUT2D eigenvalue weighted by molar-refractivity contribution is 0.0525. The second-order valence-electron chi connectivity index (χ2n) is 6.35. The number of benzene rings is 1. The van der Waals surface area contributed by atoms with E-state index in [-0.39, 0.29) is 29.3 Å². The zero-order valence-electron chi connectivity index (χ0n) is 16.4. The molecule has 2 aromatic heterocycles. The standard InChI is InChI=1S/C20H20FN3O4S/c1-5-27-19(26)15-10(2)16(22-11(15)3)17(25)12(4)29-20-24-23-18(28-20)13-6-8-14(21)9-7-13/h6-9,12,22H,5H2,1-4H3/t12-/m0/s1. The van der Waals surface area contributed by atoms with Crippen molar-refractivity contribution >= 4 is 23.5 Å². The lowest BCUT2D eigenvalue weighted by Gasteiger charge is -2.07. The second kappa shape index (κ2) is 8.60. The number of Topliss-reactive ketones (excluding diaryl/α,β-unsaturated/α-hetero) is 1. The largest absolute Gasteiger partial charge is 0.462 e. The first-order valence-electron chi connectivity index (χ1n) is 8.98. The molecule has 1 aromatic carbocycles. The molecule has 0 bridgehead atoms. The van der Waals surface area contributed by atoms with E-state index in [0.29, 0.717) is 28.1 Å². The van der Waals surface area contributed by atoms with Crippen LogP contribution in [0.1, 0.15) is 46.0 Å². The molecule has 0 amide bonds. The summed E-state index contributed by atoms with van der Waals surface area (Å²) in [5, 5.41) is 7.57. The summed E-state index contributed by atoms with van der Waals surface area (Å²) < 4.78 is 23.7. The fourth-order valence-corrected chi connectivity index (χ4v) is 3.62. The Morgan fingerprint density at radius 1 is 1.24 bits per heavy atom. The van der Waals surface area contributed by atoms with Gasteiger partial charge in [0.1, 0.15) is 5.82 Å². The molecule has 0 radical (unpaired) electrons. The monoisotopic (exact) mass is 417 g/mol. The van der Waals surface area contributed by atoms with Crippen LogP contribution in [0.25, 0.3) is 11.5 Å². The minimum absolute atomic E-state index is 0.201. The van der Waals surface area contributed by atoms with Crippen molar-refractivity contribution in [3.8, 4) is 11.5 Å². The number of thioether (sulfide) groups is 1. The van der Waals surface area contributed by atoms with E-state index in [0.717, 1.165) is 11.8 Å². The van der Waals surface area contributed by atoms with Crippen LogP contribution in [-0.4, -0.2) is 38.8 Å². The van der Waals surface area contributed by atoms with Crippen LogP contribution in [0.4, 0.5) is 4.39 Å². The van der Waals surface area contributed by atoms with E-state index in [9.17, 15) is 14.0 Å². The van der Waals surface area contributed by atoms with Gasteiger partial charge in [-0.25, -0.2) is 9.18 Å². The van der Waals surface area contributed by atoms with Crippen molar-refractivity contribution in [3.05, 3.63) is 52.6 Å². The Morgan fingerprint density at radius 3 is 2.59 bits per heavy atom. The molecule has 0 aliphatic heterocycles.